The summed E-state index contributed by atoms with van der Waals surface area (Å²) >= 11 is 5.76. The van der Waals surface area contributed by atoms with Crippen LogP contribution in [0, 0.1) is 5.82 Å². The molecule has 0 radical (unpaired) electrons. The Morgan fingerprint density at radius 1 is 1.22 bits per heavy atom. The van der Waals surface area contributed by atoms with E-state index in [1.165, 1.54) is 27.8 Å². The molecule has 32 heavy (non-hydrogen) atoms. The number of amides is 3. The van der Waals surface area contributed by atoms with Crippen molar-refractivity contribution >= 4 is 40.1 Å². The van der Waals surface area contributed by atoms with Gasteiger partial charge < -0.3 is 25.2 Å². The molecule has 1 unspecified atom stereocenters. The van der Waals surface area contributed by atoms with Gasteiger partial charge in [-0.2, -0.15) is 0 Å². The molecular weight excluding hydrogens is 437 g/mol. The molecule has 0 bridgehead atoms. The second-order valence-electron chi connectivity index (χ2n) is 7.52. The van der Waals surface area contributed by atoms with Crippen molar-refractivity contribution in [3.05, 3.63) is 65.1 Å². The van der Waals surface area contributed by atoms with Gasteiger partial charge in [0, 0.05) is 29.7 Å². The molecule has 1 aromatic heterocycles. The zero-order valence-electron chi connectivity index (χ0n) is 17.7. The number of nitrogens with one attached hydrogen (secondary N) is 2. The predicted octanol–water partition coefficient (Wildman–Crippen LogP) is 3.40. The number of aromatic nitrogens is 1. The summed E-state index contributed by atoms with van der Waals surface area (Å²) < 4.78 is 15.4. The van der Waals surface area contributed by atoms with Crippen LogP contribution in [0.1, 0.15) is 25.8 Å². The predicted molar refractivity (Wildman–Crippen MR) is 121 cm³/mol. The average molecular weight is 462 g/mol. The van der Waals surface area contributed by atoms with Gasteiger partial charge in [0.15, 0.2) is 6.35 Å². The Bertz CT molecular complexity index is 1130. The molecule has 1 atom stereocenters. The van der Waals surface area contributed by atoms with E-state index < -0.39 is 24.1 Å². The molecule has 170 valence electrons. The number of aliphatic hydroxyl groups excluding tert-OH is 1. The van der Waals surface area contributed by atoms with Crippen LogP contribution in [0.15, 0.2) is 48.7 Å². The van der Waals surface area contributed by atoms with E-state index in [2.05, 4.69) is 10.6 Å². The Hall–Kier alpha value is -3.14. The number of anilines is 1. The van der Waals surface area contributed by atoms with Crippen molar-refractivity contribution in [2.24, 2.45) is 5.73 Å². The number of benzene rings is 2. The van der Waals surface area contributed by atoms with Gasteiger partial charge in [0.2, 0.25) is 5.91 Å². The van der Waals surface area contributed by atoms with Crippen molar-refractivity contribution in [3.8, 4) is 0 Å². The van der Waals surface area contributed by atoms with E-state index in [4.69, 9.17) is 17.3 Å². The number of aliphatic hydroxyl groups is 1. The zero-order chi connectivity index (χ0) is 23.4. The van der Waals surface area contributed by atoms with Crippen molar-refractivity contribution in [1.29, 1.82) is 0 Å². The van der Waals surface area contributed by atoms with Crippen LogP contribution in [0.4, 0.5) is 14.9 Å². The first-order valence-corrected chi connectivity index (χ1v) is 10.4. The van der Waals surface area contributed by atoms with Gasteiger partial charge in [-0.05, 0) is 26.0 Å². The largest absolute Gasteiger partial charge is 0.361 e. The molecular formula is C22H25ClFN5O3. The van der Waals surface area contributed by atoms with E-state index in [9.17, 15) is 19.1 Å². The van der Waals surface area contributed by atoms with Crippen LogP contribution in [-0.4, -0.2) is 39.1 Å². The van der Waals surface area contributed by atoms with Crippen molar-refractivity contribution in [2.45, 2.75) is 32.8 Å². The average Bonchev–Trinajstić information content (AvgIpc) is 3.11. The minimum Gasteiger partial charge on any atom is -0.361 e. The van der Waals surface area contributed by atoms with Crippen LogP contribution < -0.4 is 16.4 Å². The SMILES string of the molecule is CC(C)N(CC(=O)NCc1cccc(Cl)c1F)C(=O)Nc1cn(C(N)O)c2ccccc12. The van der Waals surface area contributed by atoms with Crippen molar-refractivity contribution in [1.82, 2.24) is 14.8 Å². The summed E-state index contributed by atoms with van der Waals surface area (Å²) in [7, 11) is 0. The lowest BCUT2D eigenvalue weighted by atomic mass is 10.2. The van der Waals surface area contributed by atoms with Crippen LogP contribution >= 0.6 is 11.6 Å². The summed E-state index contributed by atoms with van der Waals surface area (Å²) in [5.74, 6) is -1.04. The second kappa shape index (κ2) is 9.99. The van der Waals surface area contributed by atoms with E-state index >= 15 is 0 Å². The molecule has 3 aromatic rings. The minimum atomic E-state index is -1.27. The topological polar surface area (TPSA) is 113 Å². The number of nitrogens with two attached hydrogens (primary N) is 1. The highest BCUT2D eigenvalue weighted by atomic mass is 35.5. The highest BCUT2D eigenvalue weighted by Crippen LogP contribution is 2.27. The first-order chi connectivity index (χ1) is 15.2. The van der Waals surface area contributed by atoms with Crippen LogP contribution in [-0.2, 0) is 11.3 Å². The third kappa shape index (κ3) is 5.18. The van der Waals surface area contributed by atoms with E-state index in [0.717, 1.165) is 0 Å². The number of nitrogens with zero attached hydrogens (tertiary/aromatic N) is 2. The first kappa shape index (κ1) is 23.5. The van der Waals surface area contributed by atoms with Gasteiger partial charge in [0.25, 0.3) is 0 Å². The van der Waals surface area contributed by atoms with E-state index in [0.29, 0.717) is 16.6 Å². The van der Waals surface area contributed by atoms with Crippen LogP contribution in [0.25, 0.3) is 10.9 Å². The first-order valence-electron chi connectivity index (χ1n) is 9.99. The fraction of sp³-hybridized carbons (Fsp3) is 0.273. The van der Waals surface area contributed by atoms with Crippen molar-refractivity contribution in [3.63, 3.8) is 0 Å². The molecule has 2 aromatic carbocycles. The normalized spacial score (nSPS) is 12.1. The van der Waals surface area contributed by atoms with Crippen LogP contribution in [0.5, 0.6) is 0 Å². The zero-order valence-corrected chi connectivity index (χ0v) is 18.4. The molecule has 0 spiro atoms. The molecule has 3 rings (SSSR count). The maximum absolute atomic E-state index is 14.0. The smallest absolute Gasteiger partial charge is 0.322 e. The van der Waals surface area contributed by atoms with Gasteiger partial charge in [0.05, 0.1) is 16.2 Å². The third-order valence-corrected chi connectivity index (χ3v) is 5.26. The highest BCUT2D eigenvalue weighted by Gasteiger charge is 2.22. The second-order valence-corrected chi connectivity index (χ2v) is 7.93. The number of hydrogen-bond donors (Lipinski definition) is 4. The Morgan fingerprint density at radius 2 is 1.94 bits per heavy atom. The maximum Gasteiger partial charge on any atom is 0.322 e. The summed E-state index contributed by atoms with van der Waals surface area (Å²) in [5, 5.41) is 15.9. The van der Waals surface area contributed by atoms with Gasteiger partial charge in [-0.1, -0.05) is 41.9 Å². The van der Waals surface area contributed by atoms with Crippen molar-refractivity contribution < 1.29 is 19.1 Å². The summed E-state index contributed by atoms with van der Waals surface area (Å²) in [6, 6.07) is 10.9. The molecule has 10 heteroatoms. The van der Waals surface area contributed by atoms with Gasteiger partial charge >= 0.3 is 6.03 Å². The number of para-hydroxylation sites is 1. The van der Waals surface area contributed by atoms with Crippen LogP contribution in [0.2, 0.25) is 5.02 Å². The standard InChI is InChI=1S/C22H25ClFN5O3/c1-13(2)28(12-19(30)26-10-14-6-5-8-16(23)20(14)24)22(32)27-17-11-29(21(25)31)18-9-4-3-7-15(17)18/h3-9,11,13,21,31H,10,12,25H2,1-2H3,(H,26,30)(H,27,32). The molecule has 1 heterocycles. The van der Waals surface area contributed by atoms with E-state index in [-0.39, 0.29) is 29.7 Å². The Morgan fingerprint density at radius 3 is 2.62 bits per heavy atom. The quantitative estimate of drug-likeness (QED) is 0.404. The van der Waals surface area contributed by atoms with E-state index in [1.54, 1.807) is 44.2 Å². The lowest BCUT2D eigenvalue weighted by Crippen LogP contribution is -2.46. The lowest BCUT2D eigenvalue weighted by molar-refractivity contribution is -0.122. The van der Waals surface area contributed by atoms with Gasteiger partial charge in [-0.15, -0.1) is 0 Å². The number of hydrogen-bond acceptors (Lipinski definition) is 4. The Kier molecular flexibility index (Phi) is 7.34. The Labute approximate surface area is 189 Å². The van der Waals surface area contributed by atoms with Gasteiger partial charge in [0.1, 0.15) is 12.4 Å². The molecule has 0 saturated heterocycles. The maximum atomic E-state index is 14.0. The number of rotatable bonds is 7. The summed E-state index contributed by atoms with van der Waals surface area (Å²) in [5.41, 5.74) is 6.95. The summed E-state index contributed by atoms with van der Waals surface area (Å²) in [6.07, 6.45) is 0.262. The molecule has 0 fully saturated rings. The van der Waals surface area contributed by atoms with Gasteiger partial charge in [-0.25, -0.2) is 9.18 Å². The van der Waals surface area contributed by atoms with E-state index in [1.807, 2.05) is 0 Å². The number of fused-ring (bicyclic) bond motifs is 1. The molecule has 5 N–H and O–H groups in total. The molecule has 0 saturated carbocycles. The summed E-state index contributed by atoms with van der Waals surface area (Å²) in [4.78, 5) is 26.7. The van der Waals surface area contributed by atoms with Gasteiger partial charge in [-0.3, -0.25) is 10.5 Å². The molecule has 0 aliphatic carbocycles. The lowest BCUT2D eigenvalue weighted by Gasteiger charge is -2.26. The summed E-state index contributed by atoms with van der Waals surface area (Å²) in [6.45, 7) is 3.26. The monoisotopic (exact) mass is 461 g/mol. The molecule has 8 nitrogen and oxygen atoms in total. The number of urea groups is 1. The number of carbonyl (C=O) groups excluding carboxylic acids is 2. The number of halogens is 2. The number of carbonyl (C=O) groups is 2. The van der Waals surface area contributed by atoms with Crippen LogP contribution in [0.3, 0.4) is 0 Å². The van der Waals surface area contributed by atoms with Crippen molar-refractivity contribution in [2.75, 3.05) is 11.9 Å². The molecule has 0 aliphatic rings. The highest BCUT2D eigenvalue weighted by molar-refractivity contribution is 6.30. The fourth-order valence-corrected chi connectivity index (χ4v) is 3.48. The minimum absolute atomic E-state index is 0.0262. The fourth-order valence-electron chi connectivity index (χ4n) is 3.29. The Balaban J connectivity index is 1.70. The molecule has 3 amide bonds. The third-order valence-electron chi connectivity index (χ3n) is 4.97. The molecule has 0 aliphatic heterocycles.